The molecule has 4 N–H and O–H groups in total. The summed E-state index contributed by atoms with van der Waals surface area (Å²) in [4.78, 5) is 13.7. The first-order valence-corrected chi connectivity index (χ1v) is 15.0. The molecule has 0 bridgehead atoms. The molecular weight excluding hydrogens is 486 g/mol. The summed E-state index contributed by atoms with van der Waals surface area (Å²) in [6, 6.07) is 17.1. The molecular formula is C29H41N3O4S. The third kappa shape index (κ3) is 6.42. The second kappa shape index (κ2) is 12.1. The zero-order chi connectivity index (χ0) is 26.5. The van der Waals surface area contributed by atoms with Gasteiger partial charge in [-0.1, -0.05) is 68.3 Å². The molecule has 2 aromatic carbocycles. The summed E-state index contributed by atoms with van der Waals surface area (Å²) in [5, 5.41) is 14.7. The Morgan fingerprint density at radius 3 is 2.27 bits per heavy atom. The molecule has 202 valence electrons. The highest BCUT2D eigenvalue weighted by atomic mass is 32.2. The molecule has 37 heavy (non-hydrogen) atoms. The van der Waals surface area contributed by atoms with E-state index in [-0.39, 0.29) is 29.4 Å². The summed E-state index contributed by atoms with van der Waals surface area (Å²) < 4.78 is 28.9. The molecule has 3 unspecified atom stereocenters. The van der Waals surface area contributed by atoms with Crippen molar-refractivity contribution in [2.24, 2.45) is 11.1 Å². The van der Waals surface area contributed by atoms with Crippen LogP contribution in [0.15, 0.2) is 65.6 Å². The van der Waals surface area contributed by atoms with Gasteiger partial charge in [0, 0.05) is 24.0 Å². The third-order valence-corrected chi connectivity index (χ3v) is 10.3. The Labute approximate surface area is 221 Å². The molecule has 0 aliphatic heterocycles. The number of amides is 1. The average molecular weight is 528 g/mol. The van der Waals surface area contributed by atoms with Gasteiger partial charge in [0.1, 0.15) is 0 Å². The summed E-state index contributed by atoms with van der Waals surface area (Å²) in [6.07, 6.45) is 5.76. The highest BCUT2D eigenvalue weighted by molar-refractivity contribution is 7.89. The molecule has 4 rings (SSSR count). The minimum absolute atomic E-state index is 0.0344. The molecule has 4 atom stereocenters. The maximum Gasteiger partial charge on any atom is 0.243 e. The number of rotatable bonds is 11. The summed E-state index contributed by atoms with van der Waals surface area (Å²) in [5.74, 6) is -0.0344. The standard InChI is InChI=1S/C29H41N3O4S/c1-2-29(17-9-10-18-29)28(34)31-26(19-22-11-5-3-6-12-22)27(33)21-32(24-16-15-23(30)20-24)37(35,36)25-13-7-4-8-14-25/h3-8,11-14,23-24,26-27,33H,2,9-10,15-21,30H2,1H3,(H,31,34)/t23?,24?,26-,27?/m0/s1. The zero-order valence-electron chi connectivity index (χ0n) is 21.8. The number of benzene rings is 2. The van der Waals surface area contributed by atoms with Crippen LogP contribution in [0.3, 0.4) is 0 Å². The number of nitrogens with two attached hydrogens (primary N) is 1. The summed E-state index contributed by atoms with van der Waals surface area (Å²) in [5.41, 5.74) is 6.72. The number of carbonyl (C=O) groups is 1. The van der Waals surface area contributed by atoms with Crippen molar-refractivity contribution in [1.29, 1.82) is 0 Å². The molecule has 0 radical (unpaired) electrons. The predicted molar refractivity (Wildman–Crippen MR) is 145 cm³/mol. The number of aliphatic hydroxyl groups excluding tert-OH is 1. The van der Waals surface area contributed by atoms with Gasteiger partial charge in [-0.3, -0.25) is 4.79 Å². The fourth-order valence-corrected chi connectivity index (χ4v) is 7.71. The molecule has 0 saturated heterocycles. The lowest BCUT2D eigenvalue weighted by atomic mass is 9.82. The quantitative estimate of drug-likeness (QED) is 0.413. The predicted octanol–water partition coefficient (Wildman–Crippen LogP) is 3.62. The van der Waals surface area contributed by atoms with E-state index in [2.05, 4.69) is 5.32 Å². The molecule has 2 saturated carbocycles. The van der Waals surface area contributed by atoms with Crippen molar-refractivity contribution in [3.63, 3.8) is 0 Å². The molecule has 2 aliphatic carbocycles. The van der Waals surface area contributed by atoms with Crippen LogP contribution in [0.5, 0.6) is 0 Å². The molecule has 0 spiro atoms. The van der Waals surface area contributed by atoms with Crippen LogP contribution in [-0.2, 0) is 21.2 Å². The van der Waals surface area contributed by atoms with Gasteiger partial charge in [0.25, 0.3) is 0 Å². The van der Waals surface area contributed by atoms with E-state index in [4.69, 9.17) is 5.73 Å². The van der Waals surface area contributed by atoms with Crippen LogP contribution < -0.4 is 11.1 Å². The molecule has 2 fully saturated rings. The van der Waals surface area contributed by atoms with Crippen molar-refractivity contribution in [3.8, 4) is 0 Å². The molecule has 7 nitrogen and oxygen atoms in total. The Kier molecular flexibility index (Phi) is 9.06. The van der Waals surface area contributed by atoms with Crippen LogP contribution in [-0.4, -0.2) is 54.5 Å². The van der Waals surface area contributed by atoms with Crippen LogP contribution in [0.25, 0.3) is 0 Å². The molecule has 8 heteroatoms. The monoisotopic (exact) mass is 527 g/mol. The fraction of sp³-hybridized carbons (Fsp3) is 0.552. The Morgan fingerprint density at radius 1 is 1.08 bits per heavy atom. The first-order chi connectivity index (χ1) is 17.7. The normalized spacial score (nSPS) is 23.1. The highest BCUT2D eigenvalue weighted by Gasteiger charge is 2.42. The van der Waals surface area contributed by atoms with Gasteiger partial charge in [0.05, 0.1) is 17.0 Å². The Morgan fingerprint density at radius 2 is 1.70 bits per heavy atom. The van der Waals surface area contributed by atoms with E-state index in [9.17, 15) is 18.3 Å². The van der Waals surface area contributed by atoms with Crippen molar-refractivity contribution in [3.05, 3.63) is 66.2 Å². The van der Waals surface area contributed by atoms with E-state index in [1.165, 1.54) is 4.31 Å². The second-order valence-electron chi connectivity index (χ2n) is 10.8. The van der Waals surface area contributed by atoms with Gasteiger partial charge in [-0.15, -0.1) is 0 Å². The Hall–Kier alpha value is -2.26. The summed E-state index contributed by atoms with van der Waals surface area (Å²) >= 11 is 0. The van der Waals surface area contributed by atoms with E-state index in [0.717, 1.165) is 44.1 Å². The lowest BCUT2D eigenvalue weighted by Crippen LogP contribution is -2.54. The van der Waals surface area contributed by atoms with Crippen LogP contribution in [0.4, 0.5) is 0 Å². The first-order valence-electron chi connectivity index (χ1n) is 13.6. The first kappa shape index (κ1) is 27.8. The number of aliphatic hydroxyl groups is 1. The average Bonchev–Trinajstić information content (AvgIpc) is 3.57. The van der Waals surface area contributed by atoms with Gasteiger partial charge >= 0.3 is 0 Å². The van der Waals surface area contributed by atoms with E-state index in [1.807, 2.05) is 37.3 Å². The lowest BCUT2D eigenvalue weighted by molar-refractivity contribution is -0.132. The van der Waals surface area contributed by atoms with Crippen LogP contribution >= 0.6 is 0 Å². The molecule has 2 aromatic rings. The molecule has 2 aliphatic rings. The van der Waals surface area contributed by atoms with E-state index in [0.29, 0.717) is 19.3 Å². The topological polar surface area (TPSA) is 113 Å². The third-order valence-electron chi connectivity index (χ3n) is 8.37. The smallest absolute Gasteiger partial charge is 0.243 e. The maximum absolute atomic E-state index is 13.8. The second-order valence-corrected chi connectivity index (χ2v) is 12.7. The highest BCUT2D eigenvalue weighted by Crippen LogP contribution is 2.41. The number of sulfonamides is 1. The fourth-order valence-electron chi connectivity index (χ4n) is 6.00. The van der Waals surface area contributed by atoms with Crippen molar-refractivity contribution < 1.29 is 18.3 Å². The van der Waals surface area contributed by atoms with Gasteiger partial charge in [0.2, 0.25) is 15.9 Å². The Bertz CT molecular complexity index is 1120. The van der Waals surface area contributed by atoms with Gasteiger partial charge in [0.15, 0.2) is 0 Å². The summed E-state index contributed by atoms with van der Waals surface area (Å²) in [6.45, 7) is 1.94. The summed E-state index contributed by atoms with van der Waals surface area (Å²) in [7, 11) is -3.87. The number of nitrogens with one attached hydrogen (secondary N) is 1. The van der Waals surface area contributed by atoms with Crippen LogP contribution in [0.1, 0.15) is 63.9 Å². The van der Waals surface area contributed by atoms with Crippen molar-refractivity contribution in [2.75, 3.05) is 6.54 Å². The zero-order valence-corrected chi connectivity index (χ0v) is 22.6. The van der Waals surface area contributed by atoms with E-state index in [1.54, 1.807) is 30.3 Å². The van der Waals surface area contributed by atoms with Crippen molar-refractivity contribution in [2.45, 2.75) is 93.8 Å². The molecule has 0 aromatic heterocycles. The van der Waals surface area contributed by atoms with Crippen molar-refractivity contribution >= 4 is 15.9 Å². The van der Waals surface area contributed by atoms with Gasteiger partial charge in [-0.05, 0) is 62.6 Å². The number of hydrogen-bond donors (Lipinski definition) is 3. The minimum Gasteiger partial charge on any atom is -0.390 e. The van der Waals surface area contributed by atoms with Crippen LogP contribution in [0, 0.1) is 5.41 Å². The molecule has 0 heterocycles. The molecule has 1 amide bonds. The SMILES string of the molecule is CCC1(C(=O)N[C@@H](Cc2ccccc2)C(O)CN(C2CCC(N)C2)S(=O)(=O)c2ccccc2)CCCC1. The van der Waals surface area contributed by atoms with E-state index < -0.39 is 27.6 Å². The van der Waals surface area contributed by atoms with Gasteiger partial charge in [-0.2, -0.15) is 4.31 Å². The van der Waals surface area contributed by atoms with E-state index >= 15 is 0 Å². The lowest BCUT2D eigenvalue weighted by Gasteiger charge is -2.35. The Balaban J connectivity index is 1.61. The van der Waals surface area contributed by atoms with Crippen LogP contribution in [0.2, 0.25) is 0 Å². The minimum atomic E-state index is -3.87. The van der Waals surface area contributed by atoms with Gasteiger partial charge in [-0.25, -0.2) is 8.42 Å². The largest absolute Gasteiger partial charge is 0.390 e. The van der Waals surface area contributed by atoms with Crippen molar-refractivity contribution in [1.82, 2.24) is 9.62 Å². The number of hydrogen-bond acceptors (Lipinski definition) is 5. The van der Waals surface area contributed by atoms with Gasteiger partial charge < -0.3 is 16.2 Å². The number of carbonyl (C=O) groups excluding carboxylic acids is 1. The number of nitrogens with zero attached hydrogens (tertiary/aromatic N) is 1. The maximum atomic E-state index is 13.8.